The van der Waals surface area contributed by atoms with Crippen molar-refractivity contribution in [3.8, 4) is 0 Å². The first-order valence-electron chi connectivity index (χ1n) is 6.98. The summed E-state index contributed by atoms with van der Waals surface area (Å²) in [7, 11) is 0. The van der Waals surface area contributed by atoms with E-state index in [4.69, 9.17) is 5.73 Å². The molecule has 2 unspecified atom stereocenters. The molecule has 4 heteroatoms. The van der Waals surface area contributed by atoms with Gasteiger partial charge in [0.15, 0.2) is 0 Å². The number of nitrogens with two attached hydrogens (primary N) is 1. The van der Waals surface area contributed by atoms with Gasteiger partial charge >= 0.3 is 0 Å². The van der Waals surface area contributed by atoms with E-state index in [0.29, 0.717) is 6.42 Å². The predicted octanol–water partition coefficient (Wildman–Crippen LogP) is 1.60. The van der Waals surface area contributed by atoms with Crippen LogP contribution in [0.15, 0.2) is 0 Å². The minimum Gasteiger partial charge on any atom is -0.352 e. The van der Waals surface area contributed by atoms with Crippen molar-refractivity contribution in [1.29, 1.82) is 0 Å². The molecule has 0 aliphatic heterocycles. The maximum Gasteiger partial charge on any atom is 0.221 e. The highest BCUT2D eigenvalue weighted by Crippen LogP contribution is 2.19. The Labute approximate surface area is 112 Å². The Bertz CT molecular complexity index is 244. The molecular weight excluding hydrogens is 226 g/mol. The standard InChI is InChI=1S/C14H31N3O/c1-7-17(8-2)10-11(3)16-13(18)9-12(15)14(4,5)6/h11-12H,7-10,15H2,1-6H3,(H,16,18). The van der Waals surface area contributed by atoms with E-state index in [1.807, 2.05) is 6.92 Å². The summed E-state index contributed by atoms with van der Waals surface area (Å²) < 4.78 is 0. The van der Waals surface area contributed by atoms with Crippen LogP contribution in [0.2, 0.25) is 0 Å². The predicted molar refractivity (Wildman–Crippen MR) is 77.4 cm³/mol. The molecule has 18 heavy (non-hydrogen) atoms. The Hall–Kier alpha value is -0.610. The molecular formula is C14H31N3O. The molecule has 0 heterocycles. The molecule has 2 atom stereocenters. The summed E-state index contributed by atoms with van der Waals surface area (Å²) in [5.74, 6) is 0.0529. The third-order valence-corrected chi connectivity index (χ3v) is 3.35. The van der Waals surface area contributed by atoms with E-state index >= 15 is 0 Å². The van der Waals surface area contributed by atoms with Crippen LogP contribution in [0.4, 0.5) is 0 Å². The maximum absolute atomic E-state index is 11.9. The number of carbonyl (C=O) groups is 1. The van der Waals surface area contributed by atoms with E-state index in [9.17, 15) is 4.79 Å². The number of nitrogens with one attached hydrogen (secondary N) is 1. The van der Waals surface area contributed by atoms with Crippen molar-refractivity contribution in [3.05, 3.63) is 0 Å². The molecule has 0 aromatic carbocycles. The fourth-order valence-electron chi connectivity index (χ4n) is 1.75. The molecule has 0 saturated heterocycles. The Morgan fingerprint density at radius 3 is 2.17 bits per heavy atom. The number of likely N-dealkylation sites (N-methyl/N-ethyl adjacent to an activating group) is 1. The van der Waals surface area contributed by atoms with Gasteiger partial charge in [-0.05, 0) is 25.4 Å². The molecule has 0 aliphatic carbocycles. The highest BCUT2D eigenvalue weighted by atomic mass is 16.1. The molecule has 0 bridgehead atoms. The van der Waals surface area contributed by atoms with E-state index in [2.05, 4.69) is 44.8 Å². The van der Waals surface area contributed by atoms with E-state index in [-0.39, 0.29) is 23.4 Å². The fourth-order valence-corrected chi connectivity index (χ4v) is 1.75. The summed E-state index contributed by atoms with van der Waals surface area (Å²) >= 11 is 0. The quantitative estimate of drug-likeness (QED) is 0.728. The number of rotatable bonds is 7. The smallest absolute Gasteiger partial charge is 0.221 e. The van der Waals surface area contributed by atoms with Crippen LogP contribution in [0.1, 0.15) is 48.0 Å². The average Bonchev–Trinajstić information content (AvgIpc) is 2.24. The van der Waals surface area contributed by atoms with Gasteiger partial charge in [-0.2, -0.15) is 0 Å². The summed E-state index contributed by atoms with van der Waals surface area (Å²) in [6.45, 7) is 15.4. The molecule has 0 aromatic rings. The van der Waals surface area contributed by atoms with Crippen LogP contribution in [0.3, 0.4) is 0 Å². The fraction of sp³-hybridized carbons (Fsp3) is 0.929. The molecule has 3 N–H and O–H groups in total. The number of hydrogen-bond acceptors (Lipinski definition) is 3. The van der Waals surface area contributed by atoms with Crippen LogP contribution in [-0.4, -0.2) is 42.5 Å². The molecule has 0 spiro atoms. The number of carbonyl (C=O) groups excluding carboxylic acids is 1. The maximum atomic E-state index is 11.9. The van der Waals surface area contributed by atoms with Crippen molar-refractivity contribution in [1.82, 2.24) is 10.2 Å². The third kappa shape index (κ3) is 6.97. The Balaban J connectivity index is 4.08. The van der Waals surface area contributed by atoms with Crippen molar-refractivity contribution in [2.75, 3.05) is 19.6 Å². The van der Waals surface area contributed by atoms with E-state index in [1.165, 1.54) is 0 Å². The van der Waals surface area contributed by atoms with Gasteiger partial charge in [0.05, 0.1) is 0 Å². The lowest BCUT2D eigenvalue weighted by Gasteiger charge is -2.28. The van der Waals surface area contributed by atoms with Gasteiger partial charge < -0.3 is 16.0 Å². The average molecular weight is 257 g/mol. The van der Waals surface area contributed by atoms with Gasteiger partial charge in [0.25, 0.3) is 0 Å². The zero-order valence-electron chi connectivity index (χ0n) is 12.9. The van der Waals surface area contributed by atoms with Crippen molar-refractivity contribution in [2.45, 2.75) is 60.0 Å². The summed E-state index contributed by atoms with van der Waals surface area (Å²) in [5.41, 5.74) is 5.98. The normalized spacial score (nSPS) is 15.6. The van der Waals surface area contributed by atoms with Gasteiger partial charge in [-0.15, -0.1) is 0 Å². The molecule has 0 saturated carbocycles. The molecule has 0 radical (unpaired) electrons. The van der Waals surface area contributed by atoms with Gasteiger partial charge in [-0.3, -0.25) is 4.79 Å². The second kappa shape index (κ2) is 7.74. The highest BCUT2D eigenvalue weighted by molar-refractivity contribution is 5.76. The zero-order chi connectivity index (χ0) is 14.3. The zero-order valence-corrected chi connectivity index (χ0v) is 12.9. The molecule has 4 nitrogen and oxygen atoms in total. The minimum absolute atomic E-state index is 0.0283. The molecule has 1 amide bonds. The van der Waals surface area contributed by atoms with Crippen LogP contribution in [0, 0.1) is 5.41 Å². The summed E-state index contributed by atoms with van der Waals surface area (Å²) in [5, 5.41) is 3.02. The van der Waals surface area contributed by atoms with Crippen LogP contribution in [0.25, 0.3) is 0 Å². The van der Waals surface area contributed by atoms with E-state index in [0.717, 1.165) is 19.6 Å². The Kier molecular flexibility index (Phi) is 7.48. The van der Waals surface area contributed by atoms with Crippen molar-refractivity contribution >= 4 is 5.91 Å². The van der Waals surface area contributed by atoms with Crippen molar-refractivity contribution < 1.29 is 4.79 Å². The Morgan fingerprint density at radius 1 is 1.28 bits per heavy atom. The van der Waals surface area contributed by atoms with Crippen LogP contribution >= 0.6 is 0 Å². The first-order chi connectivity index (χ1) is 8.20. The third-order valence-electron chi connectivity index (χ3n) is 3.35. The van der Waals surface area contributed by atoms with Gasteiger partial charge in [-0.1, -0.05) is 34.6 Å². The monoisotopic (exact) mass is 257 g/mol. The summed E-state index contributed by atoms with van der Waals surface area (Å²) in [6.07, 6.45) is 0.395. The lowest BCUT2D eigenvalue weighted by molar-refractivity contribution is -0.122. The van der Waals surface area contributed by atoms with E-state index in [1.54, 1.807) is 0 Å². The SMILES string of the molecule is CCN(CC)CC(C)NC(=O)CC(N)C(C)(C)C. The highest BCUT2D eigenvalue weighted by Gasteiger charge is 2.23. The number of amides is 1. The molecule has 0 aliphatic rings. The van der Waals surface area contributed by atoms with Gasteiger partial charge in [0.2, 0.25) is 5.91 Å². The Morgan fingerprint density at radius 2 is 1.78 bits per heavy atom. The van der Waals surface area contributed by atoms with Crippen LogP contribution < -0.4 is 11.1 Å². The van der Waals surface area contributed by atoms with Crippen LogP contribution in [-0.2, 0) is 4.79 Å². The number of hydrogen-bond donors (Lipinski definition) is 2. The second-order valence-electron chi connectivity index (χ2n) is 6.13. The van der Waals surface area contributed by atoms with E-state index < -0.39 is 0 Å². The second-order valence-corrected chi connectivity index (χ2v) is 6.13. The summed E-state index contributed by atoms with van der Waals surface area (Å²) in [6, 6.07) is 0.0720. The lowest BCUT2D eigenvalue weighted by atomic mass is 9.85. The molecule has 0 aromatic heterocycles. The van der Waals surface area contributed by atoms with Gasteiger partial charge in [-0.25, -0.2) is 0 Å². The summed E-state index contributed by atoms with van der Waals surface area (Å²) in [4.78, 5) is 14.2. The first-order valence-corrected chi connectivity index (χ1v) is 6.98. The van der Waals surface area contributed by atoms with Crippen molar-refractivity contribution in [2.24, 2.45) is 11.1 Å². The largest absolute Gasteiger partial charge is 0.352 e. The van der Waals surface area contributed by atoms with Crippen LogP contribution in [0.5, 0.6) is 0 Å². The molecule has 0 rings (SSSR count). The lowest BCUT2D eigenvalue weighted by Crippen LogP contribution is -2.45. The van der Waals surface area contributed by atoms with Crippen molar-refractivity contribution in [3.63, 3.8) is 0 Å². The minimum atomic E-state index is -0.0989. The van der Waals surface area contributed by atoms with Gasteiger partial charge in [0.1, 0.15) is 0 Å². The van der Waals surface area contributed by atoms with Gasteiger partial charge in [0, 0.05) is 25.0 Å². The topological polar surface area (TPSA) is 58.4 Å². The number of nitrogens with zero attached hydrogens (tertiary/aromatic N) is 1. The molecule has 108 valence electrons. The molecule has 0 fully saturated rings. The first kappa shape index (κ1) is 17.4.